The summed E-state index contributed by atoms with van der Waals surface area (Å²) in [7, 11) is 0. The van der Waals surface area contributed by atoms with Crippen LogP contribution in [-0.4, -0.2) is 22.5 Å². The molecule has 0 radical (unpaired) electrons. The predicted molar refractivity (Wildman–Crippen MR) is 97.5 cm³/mol. The first-order valence-electron chi connectivity index (χ1n) is 8.30. The highest BCUT2D eigenvalue weighted by Crippen LogP contribution is 2.50. The van der Waals surface area contributed by atoms with E-state index in [1.54, 1.807) is 6.07 Å². The lowest BCUT2D eigenvalue weighted by molar-refractivity contribution is -0.124. The number of allylic oxidation sites excluding steroid dienone is 2. The highest BCUT2D eigenvalue weighted by molar-refractivity contribution is 8.01. The number of halogens is 2. The number of hydrogen-bond donors (Lipinski definition) is 0. The van der Waals surface area contributed by atoms with Crippen molar-refractivity contribution in [3.05, 3.63) is 45.9 Å². The third kappa shape index (κ3) is 2.46. The van der Waals surface area contributed by atoms with Gasteiger partial charge < -0.3 is 0 Å². The Bertz CT molecular complexity index is 799. The molecule has 1 fully saturated rings. The Balaban J connectivity index is 1.89. The number of aliphatic imine (C=N–C) groups is 1. The van der Waals surface area contributed by atoms with Crippen molar-refractivity contribution >= 4 is 34.9 Å². The van der Waals surface area contributed by atoms with Gasteiger partial charge in [0.2, 0.25) is 0 Å². The summed E-state index contributed by atoms with van der Waals surface area (Å²) in [6.45, 7) is 4.00. The maximum absolute atomic E-state index is 14.1. The Hall–Kier alpha value is -1.13. The quantitative estimate of drug-likeness (QED) is 0.689. The zero-order valence-electron chi connectivity index (χ0n) is 13.7. The van der Waals surface area contributed by atoms with Crippen LogP contribution in [0.25, 0.3) is 0 Å². The van der Waals surface area contributed by atoms with E-state index in [1.165, 1.54) is 6.07 Å². The van der Waals surface area contributed by atoms with Crippen LogP contribution in [-0.2, 0) is 4.79 Å². The van der Waals surface area contributed by atoms with Gasteiger partial charge in [-0.2, -0.15) is 11.8 Å². The lowest BCUT2D eigenvalue weighted by Crippen LogP contribution is -2.38. The van der Waals surface area contributed by atoms with Gasteiger partial charge in [-0.15, -0.1) is 0 Å². The van der Waals surface area contributed by atoms with E-state index in [4.69, 9.17) is 16.6 Å². The highest BCUT2D eigenvalue weighted by Gasteiger charge is 2.46. The largest absolute Gasteiger partial charge is 0.294 e. The van der Waals surface area contributed by atoms with Gasteiger partial charge in [-0.1, -0.05) is 31.5 Å². The fourth-order valence-electron chi connectivity index (χ4n) is 3.92. The Morgan fingerprint density at radius 1 is 1.33 bits per heavy atom. The number of benzene rings is 1. The number of nitrogens with zero attached hydrogens (tertiary/aromatic N) is 1. The van der Waals surface area contributed by atoms with Crippen molar-refractivity contribution in [1.29, 1.82) is 0 Å². The maximum atomic E-state index is 14.1. The fourth-order valence-corrected chi connectivity index (χ4v) is 5.47. The Kier molecular flexibility index (Phi) is 3.88. The summed E-state index contributed by atoms with van der Waals surface area (Å²) in [4.78, 5) is 18.0. The molecule has 0 saturated carbocycles. The van der Waals surface area contributed by atoms with Crippen molar-refractivity contribution in [2.24, 2.45) is 10.4 Å². The Morgan fingerprint density at radius 3 is 2.88 bits per heavy atom. The Labute approximate surface area is 150 Å². The van der Waals surface area contributed by atoms with Gasteiger partial charge in [0.15, 0.2) is 5.78 Å². The molecule has 2 atom stereocenters. The van der Waals surface area contributed by atoms with Gasteiger partial charge in [-0.25, -0.2) is 4.39 Å². The molecule has 126 valence electrons. The van der Waals surface area contributed by atoms with Crippen molar-refractivity contribution in [2.45, 2.75) is 44.3 Å². The van der Waals surface area contributed by atoms with E-state index in [0.29, 0.717) is 0 Å². The van der Waals surface area contributed by atoms with Crippen LogP contribution in [0.4, 0.5) is 4.39 Å². The predicted octanol–water partition coefficient (Wildman–Crippen LogP) is 5.17. The number of Topliss-reactive ketones (excluding diaryl/α,β-unsaturated/α-hetero) is 1. The van der Waals surface area contributed by atoms with Crippen LogP contribution in [0.1, 0.15) is 44.6 Å². The third-order valence-corrected chi connectivity index (χ3v) is 6.99. The minimum Gasteiger partial charge on any atom is -0.294 e. The molecule has 4 rings (SSSR count). The maximum Gasteiger partial charge on any atom is 0.166 e. The van der Waals surface area contributed by atoms with E-state index in [9.17, 15) is 9.18 Å². The lowest BCUT2D eigenvalue weighted by atomic mass is 9.68. The van der Waals surface area contributed by atoms with Gasteiger partial charge in [0, 0.05) is 28.3 Å². The molecule has 2 aliphatic heterocycles. The molecule has 24 heavy (non-hydrogen) atoms. The fraction of sp³-hybridized carbons (Fsp3) is 0.474. The summed E-state index contributed by atoms with van der Waals surface area (Å²) in [5, 5.41) is 0.259. The van der Waals surface area contributed by atoms with Crippen molar-refractivity contribution in [1.82, 2.24) is 0 Å². The summed E-state index contributed by atoms with van der Waals surface area (Å²) in [6.07, 6.45) is 2.60. The van der Waals surface area contributed by atoms with Crippen LogP contribution < -0.4 is 0 Å². The standard InChI is InChI=1S/C19H19ClFNOS/c1-19(2)7-5-13-16(18(19)23)15(17-14(22-13)6-8-24-17)10-3-4-11(20)12(21)9-10/h3-4,9,15,17H,5-8H2,1-2H3. The second kappa shape index (κ2) is 5.70. The van der Waals surface area contributed by atoms with Gasteiger partial charge in [0.05, 0.1) is 10.3 Å². The minimum absolute atomic E-state index is 0.112. The van der Waals surface area contributed by atoms with Gasteiger partial charge >= 0.3 is 0 Å². The molecule has 1 saturated heterocycles. The van der Waals surface area contributed by atoms with E-state index in [-0.39, 0.29) is 27.4 Å². The molecule has 0 spiro atoms. The number of carbonyl (C=O) groups excluding carboxylic acids is 1. The van der Waals surface area contributed by atoms with Crippen LogP contribution in [0, 0.1) is 11.2 Å². The van der Waals surface area contributed by atoms with Crippen LogP contribution in [0.2, 0.25) is 5.02 Å². The number of thioether (sulfide) groups is 1. The van der Waals surface area contributed by atoms with Gasteiger partial charge in [-0.05, 0) is 42.7 Å². The van der Waals surface area contributed by atoms with Crippen LogP contribution >= 0.6 is 23.4 Å². The second-order valence-electron chi connectivity index (χ2n) is 7.37. The first-order chi connectivity index (χ1) is 11.4. The van der Waals surface area contributed by atoms with Gasteiger partial charge in [0.25, 0.3) is 0 Å². The van der Waals surface area contributed by atoms with Crippen molar-refractivity contribution < 1.29 is 9.18 Å². The molecule has 2 unspecified atom stereocenters. The molecular weight excluding hydrogens is 345 g/mol. The molecule has 1 aliphatic carbocycles. The molecule has 3 aliphatic rings. The monoisotopic (exact) mass is 363 g/mol. The van der Waals surface area contributed by atoms with Crippen molar-refractivity contribution in [3.63, 3.8) is 0 Å². The average Bonchev–Trinajstić information content (AvgIpc) is 3.00. The second-order valence-corrected chi connectivity index (χ2v) is 9.03. The number of carbonyl (C=O) groups is 1. The van der Waals surface area contributed by atoms with E-state index >= 15 is 0 Å². The van der Waals surface area contributed by atoms with E-state index in [2.05, 4.69) is 0 Å². The van der Waals surface area contributed by atoms with Crippen LogP contribution in [0.5, 0.6) is 0 Å². The minimum atomic E-state index is -0.425. The first kappa shape index (κ1) is 16.3. The first-order valence-corrected chi connectivity index (χ1v) is 9.73. The number of hydrogen-bond acceptors (Lipinski definition) is 3. The van der Waals surface area contributed by atoms with Gasteiger partial charge in [-0.3, -0.25) is 9.79 Å². The van der Waals surface area contributed by atoms with Crippen molar-refractivity contribution in [2.75, 3.05) is 5.75 Å². The summed E-state index contributed by atoms with van der Waals surface area (Å²) in [6, 6.07) is 4.95. The van der Waals surface area contributed by atoms with Crippen molar-refractivity contribution in [3.8, 4) is 0 Å². The van der Waals surface area contributed by atoms with E-state index in [1.807, 2.05) is 31.7 Å². The zero-order chi connectivity index (χ0) is 17.1. The summed E-state index contributed by atoms with van der Waals surface area (Å²) >= 11 is 7.68. The normalized spacial score (nSPS) is 28.5. The average molecular weight is 364 g/mol. The number of fused-ring (bicyclic) bond motifs is 1. The zero-order valence-corrected chi connectivity index (χ0v) is 15.3. The van der Waals surface area contributed by atoms with E-state index in [0.717, 1.165) is 47.6 Å². The molecule has 0 N–H and O–H groups in total. The van der Waals surface area contributed by atoms with E-state index < -0.39 is 5.82 Å². The highest BCUT2D eigenvalue weighted by atomic mass is 35.5. The summed E-state index contributed by atoms with van der Waals surface area (Å²) in [5.74, 6) is 0.637. The van der Waals surface area contributed by atoms with Crippen LogP contribution in [0.3, 0.4) is 0 Å². The molecule has 0 aromatic heterocycles. The molecule has 1 aromatic carbocycles. The summed E-state index contributed by atoms with van der Waals surface area (Å²) in [5.41, 5.74) is 3.34. The molecular formula is C19H19ClFNOS. The number of rotatable bonds is 1. The molecule has 5 heteroatoms. The lowest BCUT2D eigenvalue weighted by Gasteiger charge is -2.38. The molecule has 1 aromatic rings. The van der Waals surface area contributed by atoms with Gasteiger partial charge in [0.1, 0.15) is 5.82 Å². The summed E-state index contributed by atoms with van der Waals surface area (Å²) < 4.78 is 14.1. The molecule has 2 heterocycles. The Morgan fingerprint density at radius 2 is 2.12 bits per heavy atom. The molecule has 0 amide bonds. The van der Waals surface area contributed by atoms with Crippen LogP contribution in [0.15, 0.2) is 34.5 Å². The molecule has 2 nitrogen and oxygen atoms in total. The third-order valence-electron chi connectivity index (χ3n) is 5.34. The SMILES string of the molecule is CC1(C)CCC2=C(C1=O)C(c1ccc(Cl)c(F)c1)C1SCCC1=N2. The molecule has 0 bridgehead atoms. The smallest absolute Gasteiger partial charge is 0.166 e. The topological polar surface area (TPSA) is 29.4 Å². The number of ketones is 1.